The molecule has 0 aromatic rings. The Morgan fingerprint density at radius 3 is 2.06 bits per heavy atom. The Labute approximate surface area is 98.0 Å². The van der Waals surface area contributed by atoms with E-state index in [0.29, 0.717) is 0 Å². The fourth-order valence-electron chi connectivity index (χ4n) is 1.93. The molecule has 0 radical (unpaired) electrons. The normalized spacial score (nSPS) is 16.1. The molecule has 1 N–H and O–H groups in total. The van der Waals surface area contributed by atoms with Gasteiger partial charge in [-0.05, 0) is 11.8 Å². The highest BCUT2D eigenvalue weighted by Gasteiger charge is 2.35. The number of sulfone groups is 1. The first kappa shape index (κ1) is 15.4. The molecule has 4 nitrogen and oxygen atoms in total. The van der Waals surface area contributed by atoms with Crippen molar-refractivity contribution < 1.29 is 18.3 Å². The van der Waals surface area contributed by atoms with Crippen LogP contribution in [0.25, 0.3) is 0 Å². The van der Waals surface area contributed by atoms with Gasteiger partial charge in [-0.2, -0.15) is 0 Å². The summed E-state index contributed by atoms with van der Waals surface area (Å²) in [6.07, 6.45) is 1.72. The smallest absolute Gasteiger partial charge is 0.322 e. The van der Waals surface area contributed by atoms with Gasteiger partial charge in [-0.1, -0.05) is 40.5 Å². The Bertz CT molecular complexity index is 319. The van der Waals surface area contributed by atoms with Crippen molar-refractivity contribution >= 4 is 15.8 Å². The molecule has 2 atom stereocenters. The average Bonchev–Trinajstić information content (AvgIpc) is 1.99. The predicted molar refractivity (Wildman–Crippen MR) is 64.1 cm³/mol. The second kappa shape index (κ2) is 6.23. The lowest BCUT2D eigenvalue weighted by atomic mass is 10.1. The molecule has 0 fully saturated rings. The van der Waals surface area contributed by atoms with Crippen molar-refractivity contribution in [3.63, 3.8) is 0 Å². The zero-order valence-electron chi connectivity index (χ0n) is 10.4. The molecule has 0 amide bonds. The Morgan fingerprint density at radius 1 is 1.25 bits per heavy atom. The van der Waals surface area contributed by atoms with Crippen LogP contribution in [0.2, 0.25) is 0 Å². The molecule has 0 aromatic heterocycles. The molecule has 16 heavy (non-hydrogen) atoms. The second-order valence-corrected chi connectivity index (χ2v) is 6.89. The van der Waals surface area contributed by atoms with E-state index in [1.165, 1.54) is 0 Å². The van der Waals surface area contributed by atoms with E-state index in [1.54, 1.807) is 13.8 Å². The van der Waals surface area contributed by atoms with Crippen LogP contribution in [0.5, 0.6) is 0 Å². The fraction of sp³-hybridized carbons (Fsp3) is 0.909. The van der Waals surface area contributed by atoms with E-state index in [0.717, 1.165) is 12.8 Å². The third-order valence-electron chi connectivity index (χ3n) is 2.53. The monoisotopic (exact) mass is 250 g/mol. The molecule has 0 aliphatic carbocycles. The lowest BCUT2D eigenvalue weighted by molar-refractivity contribution is -0.137. The number of hydrogen-bond acceptors (Lipinski definition) is 3. The van der Waals surface area contributed by atoms with Crippen molar-refractivity contribution in [2.24, 2.45) is 11.8 Å². The van der Waals surface area contributed by atoms with Gasteiger partial charge in [-0.25, -0.2) is 8.42 Å². The summed E-state index contributed by atoms with van der Waals surface area (Å²) in [5.74, 6) is -1.64. The molecule has 2 unspecified atom stereocenters. The summed E-state index contributed by atoms with van der Waals surface area (Å²) in [6, 6.07) is 0. The Kier molecular flexibility index (Phi) is 6.00. The topological polar surface area (TPSA) is 71.4 Å². The van der Waals surface area contributed by atoms with Crippen LogP contribution in [0, 0.1) is 11.8 Å². The van der Waals surface area contributed by atoms with E-state index >= 15 is 0 Å². The molecule has 5 heteroatoms. The maximum Gasteiger partial charge on any atom is 0.322 e. The van der Waals surface area contributed by atoms with Crippen molar-refractivity contribution in [3.8, 4) is 0 Å². The second-order valence-electron chi connectivity index (χ2n) is 4.73. The maximum atomic E-state index is 11.9. The van der Waals surface area contributed by atoms with Crippen LogP contribution in [-0.4, -0.2) is 30.5 Å². The van der Waals surface area contributed by atoms with E-state index in [4.69, 9.17) is 5.11 Å². The predicted octanol–water partition coefficient (Wildman–Crippen LogP) is 1.95. The van der Waals surface area contributed by atoms with E-state index in [-0.39, 0.29) is 11.7 Å². The minimum absolute atomic E-state index is 0.0237. The zero-order chi connectivity index (χ0) is 12.9. The molecule has 0 heterocycles. The number of aliphatic carboxylic acids is 1. The average molecular weight is 250 g/mol. The Balaban J connectivity index is 4.81. The summed E-state index contributed by atoms with van der Waals surface area (Å²) in [4.78, 5) is 10.9. The van der Waals surface area contributed by atoms with Crippen molar-refractivity contribution in [1.82, 2.24) is 0 Å². The lowest BCUT2D eigenvalue weighted by Gasteiger charge is -2.19. The SMILES string of the molecule is CCCC(C)CS(=O)(=O)C(C(=O)O)C(C)C. The molecule has 0 aromatic carbocycles. The van der Waals surface area contributed by atoms with Crippen molar-refractivity contribution in [3.05, 3.63) is 0 Å². The van der Waals surface area contributed by atoms with Gasteiger partial charge in [0.05, 0.1) is 5.75 Å². The van der Waals surface area contributed by atoms with Gasteiger partial charge in [0.1, 0.15) is 0 Å². The lowest BCUT2D eigenvalue weighted by Crippen LogP contribution is -2.37. The van der Waals surface area contributed by atoms with Gasteiger partial charge in [0.2, 0.25) is 0 Å². The van der Waals surface area contributed by atoms with Crippen LogP contribution in [0.4, 0.5) is 0 Å². The van der Waals surface area contributed by atoms with Crippen LogP contribution in [0.1, 0.15) is 40.5 Å². The number of carboxylic acid groups (broad SMARTS) is 1. The molecule has 0 aliphatic heterocycles. The maximum absolute atomic E-state index is 11.9. The third-order valence-corrected chi connectivity index (χ3v) is 5.09. The summed E-state index contributed by atoms with van der Waals surface area (Å²) in [5, 5.41) is 7.67. The van der Waals surface area contributed by atoms with E-state index in [1.807, 2.05) is 13.8 Å². The highest BCUT2D eigenvalue weighted by molar-refractivity contribution is 7.92. The zero-order valence-corrected chi connectivity index (χ0v) is 11.3. The Hall–Kier alpha value is -0.580. The van der Waals surface area contributed by atoms with Crippen molar-refractivity contribution in [1.29, 1.82) is 0 Å². The molecule has 0 bridgehead atoms. The fourth-order valence-corrected chi connectivity index (χ4v) is 4.23. The van der Waals surface area contributed by atoms with Gasteiger partial charge < -0.3 is 5.11 Å². The summed E-state index contributed by atoms with van der Waals surface area (Å²) in [6.45, 7) is 7.09. The van der Waals surface area contributed by atoms with Gasteiger partial charge in [-0.15, -0.1) is 0 Å². The molecule has 0 aliphatic rings. The summed E-state index contributed by atoms with van der Waals surface area (Å²) >= 11 is 0. The highest BCUT2D eigenvalue weighted by atomic mass is 32.2. The van der Waals surface area contributed by atoms with Gasteiger partial charge in [0.15, 0.2) is 15.1 Å². The molecule has 0 saturated carbocycles. The molecular weight excluding hydrogens is 228 g/mol. The number of carboxylic acids is 1. The van der Waals surface area contributed by atoms with Crippen molar-refractivity contribution in [2.75, 3.05) is 5.75 Å². The van der Waals surface area contributed by atoms with Gasteiger partial charge in [0, 0.05) is 0 Å². The highest BCUT2D eigenvalue weighted by Crippen LogP contribution is 2.18. The first-order valence-corrected chi connectivity index (χ1v) is 7.38. The molecule has 0 saturated heterocycles. The van der Waals surface area contributed by atoms with Crippen LogP contribution >= 0.6 is 0 Å². The first-order chi connectivity index (χ1) is 7.22. The van der Waals surface area contributed by atoms with Crippen LogP contribution in [-0.2, 0) is 14.6 Å². The quantitative estimate of drug-likeness (QED) is 0.749. The van der Waals surface area contributed by atoms with E-state index in [2.05, 4.69) is 0 Å². The summed E-state index contributed by atoms with van der Waals surface area (Å²) in [7, 11) is -3.54. The number of rotatable bonds is 7. The number of hydrogen-bond donors (Lipinski definition) is 1. The molecule has 96 valence electrons. The Morgan fingerprint density at radius 2 is 1.75 bits per heavy atom. The molecule has 0 rings (SSSR count). The minimum Gasteiger partial charge on any atom is -0.480 e. The first-order valence-electron chi connectivity index (χ1n) is 5.66. The van der Waals surface area contributed by atoms with Crippen LogP contribution < -0.4 is 0 Å². The largest absolute Gasteiger partial charge is 0.480 e. The standard InChI is InChI=1S/C11H22O4S/c1-5-6-9(4)7-16(14,15)10(8(2)3)11(12)13/h8-10H,5-7H2,1-4H3,(H,12,13). The van der Waals surface area contributed by atoms with Gasteiger partial charge in [-0.3, -0.25) is 4.79 Å². The minimum atomic E-state index is -3.54. The van der Waals surface area contributed by atoms with Crippen LogP contribution in [0.15, 0.2) is 0 Å². The van der Waals surface area contributed by atoms with Crippen molar-refractivity contribution in [2.45, 2.75) is 45.8 Å². The van der Waals surface area contributed by atoms with Gasteiger partial charge in [0.25, 0.3) is 0 Å². The van der Waals surface area contributed by atoms with Gasteiger partial charge >= 0.3 is 5.97 Å². The van der Waals surface area contributed by atoms with Crippen LogP contribution in [0.3, 0.4) is 0 Å². The van der Waals surface area contributed by atoms with E-state index < -0.39 is 27.0 Å². The third kappa shape index (κ3) is 4.51. The summed E-state index contributed by atoms with van der Waals surface area (Å²) in [5.41, 5.74) is 0. The molecular formula is C11H22O4S. The number of carbonyl (C=O) groups is 1. The molecule has 0 spiro atoms. The summed E-state index contributed by atoms with van der Waals surface area (Å²) < 4.78 is 23.8. The van der Waals surface area contributed by atoms with E-state index in [9.17, 15) is 13.2 Å².